The average molecular weight is 390 g/mol. The Kier molecular flexibility index (Phi) is 6.44. The monoisotopic (exact) mass is 389 g/mol. The van der Waals surface area contributed by atoms with Gasteiger partial charge in [0.2, 0.25) is 0 Å². The molecule has 0 radical (unpaired) electrons. The van der Waals surface area contributed by atoms with Crippen molar-refractivity contribution in [3.63, 3.8) is 0 Å². The van der Waals surface area contributed by atoms with E-state index >= 15 is 0 Å². The summed E-state index contributed by atoms with van der Waals surface area (Å²) < 4.78 is 0. The highest BCUT2D eigenvalue weighted by Gasteiger charge is 1.98. The summed E-state index contributed by atoms with van der Waals surface area (Å²) in [5.41, 5.74) is 9.72. The third-order valence-corrected chi connectivity index (χ3v) is 4.69. The second-order valence-electron chi connectivity index (χ2n) is 6.94. The molecule has 3 nitrogen and oxygen atoms in total. The minimum atomic E-state index is 0.699. The quantitative estimate of drug-likeness (QED) is 0.287. The third kappa shape index (κ3) is 5.52. The lowest BCUT2D eigenvalue weighted by molar-refractivity contribution is 1.08. The molecule has 30 heavy (non-hydrogen) atoms. The lowest BCUT2D eigenvalue weighted by atomic mass is 10.0. The Labute approximate surface area is 177 Å². The molecular formula is C27H23N3. The summed E-state index contributed by atoms with van der Waals surface area (Å²) in [6, 6.07) is 37.0. The van der Waals surface area contributed by atoms with E-state index in [9.17, 15) is 0 Å². The van der Waals surface area contributed by atoms with E-state index in [0.29, 0.717) is 6.54 Å². The molecule has 0 aliphatic carbocycles. The van der Waals surface area contributed by atoms with E-state index in [1.165, 1.54) is 16.7 Å². The predicted octanol–water partition coefficient (Wildman–Crippen LogP) is 6.42. The fraction of sp³-hybridized carbons (Fsp3) is 0.0370. The van der Waals surface area contributed by atoms with Crippen LogP contribution in [0.5, 0.6) is 0 Å². The van der Waals surface area contributed by atoms with Crippen LogP contribution < -0.4 is 5.43 Å². The van der Waals surface area contributed by atoms with Gasteiger partial charge in [-0.25, -0.2) is 0 Å². The average Bonchev–Trinajstić information content (AvgIpc) is 2.82. The molecule has 4 aromatic carbocycles. The van der Waals surface area contributed by atoms with Gasteiger partial charge < -0.3 is 0 Å². The van der Waals surface area contributed by atoms with Crippen LogP contribution in [-0.4, -0.2) is 12.4 Å². The minimum Gasteiger partial charge on any atom is -0.288 e. The van der Waals surface area contributed by atoms with Crippen molar-refractivity contribution < 1.29 is 0 Å². The molecule has 0 fully saturated rings. The number of nitrogens with zero attached hydrogens (tertiary/aromatic N) is 2. The molecule has 1 N–H and O–H groups in total. The first-order valence-electron chi connectivity index (χ1n) is 9.95. The number of rotatable bonds is 7. The summed E-state index contributed by atoms with van der Waals surface area (Å²) >= 11 is 0. The number of nitrogens with one attached hydrogen (secondary N) is 1. The number of hydrogen-bond acceptors (Lipinski definition) is 3. The molecule has 0 unspecified atom stereocenters. The molecule has 146 valence electrons. The molecule has 0 heterocycles. The topological polar surface area (TPSA) is 36.8 Å². The highest BCUT2D eigenvalue weighted by atomic mass is 15.3. The van der Waals surface area contributed by atoms with E-state index in [-0.39, 0.29) is 0 Å². The molecule has 0 bridgehead atoms. The molecule has 4 aromatic rings. The summed E-state index contributed by atoms with van der Waals surface area (Å²) in [5.74, 6) is 0. The van der Waals surface area contributed by atoms with Crippen LogP contribution in [0.3, 0.4) is 0 Å². The maximum Gasteiger partial charge on any atom is 0.0639 e. The SMILES string of the molecule is C(=NCc1ccccc1)c1ccc(-c2ccc(/C=N/Nc3ccccc3)cc2)cc1. The fourth-order valence-corrected chi connectivity index (χ4v) is 3.06. The highest BCUT2D eigenvalue weighted by Crippen LogP contribution is 2.20. The second kappa shape index (κ2) is 9.99. The first kappa shape index (κ1) is 19.3. The summed E-state index contributed by atoms with van der Waals surface area (Å²) in [5, 5.41) is 4.29. The number of benzene rings is 4. The Hall–Kier alpha value is -3.98. The largest absolute Gasteiger partial charge is 0.288 e. The van der Waals surface area contributed by atoms with Crippen LogP contribution in [-0.2, 0) is 6.54 Å². The van der Waals surface area contributed by atoms with Gasteiger partial charge in [-0.15, -0.1) is 0 Å². The molecule has 3 heteroatoms. The maximum absolute atomic E-state index is 4.53. The van der Waals surface area contributed by atoms with Crippen molar-refractivity contribution in [2.45, 2.75) is 6.54 Å². The normalized spacial score (nSPS) is 11.2. The molecule has 0 saturated carbocycles. The lowest BCUT2D eigenvalue weighted by Crippen LogP contribution is -1.90. The fourth-order valence-electron chi connectivity index (χ4n) is 3.06. The molecule has 0 saturated heterocycles. The highest BCUT2D eigenvalue weighted by molar-refractivity contribution is 5.83. The zero-order valence-electron chi connectivity index (χ0n) is 16.6. The van der Waals surface area contributed by atoms with Crippen molar-refractivity contribution in [3.05, 3.63) is 126 Å². The molecule has 0 spiro atoms. The van der Waals surface area contributed by atoms with Crippen molar-refractivity contribution >= 4 is 18.1 Å². The summed E-state index contributed by atoms with van der Waals surface area (Å²) in [6.45, 7) is 0.699. The van der Waals surface area contributed by atoms with E-state index in [1.54, 1.807) is 0 Å². The summed E-state index contributed by atoms with van der Waals surface area (Å²) in [7, 11) is 0. The Morgan fingerprint density at radius 1 is 0.567 bits per heavy atom. The predicted molar refractivity (Wildman–Crippen MR) is 127 cm³/mol. The Bertz CT molecular complexity index is 1010. The van der Waals surface area contributed by atoms with Crippen LogP contribution in [0.15, 0.2) is 119 Å². The van der Waals surface area contributed by atoms with Gasteiger partial charge in [-0.2, -0.15) is 5.10 Å². The van der Waals surface area contributed by atoms with Crippen molar-refractivity contribution in [1.29, 1.82) is 0 Å². The van der Waals surface area contributed by atoms with Gasteiger partial charge in [-0.05, 0) is 39.9 Å². The van der Waals surface area contributed by atoms with Crippen LogP contribution in [0, 0.1) is 0 Å². The van der Waals surface area contributed by atoms with Gasteiger partial charge in [-0.3, -0.25) is 10.4 Å². The van der Waals surface area contributed by atoms with Crippen LogP contribution >= 0.6 is 0 Å². The van der Waals surface area contributed by atoms with E-state index in [0.717, 1.165) is 16.8 Å². The van der Waals surface area contributed by atoms with E-state index < -0.39 is 0 Å². The number of anilines is 1. The second-order valence-corrected chi connectivity index (χ2v) is 6.94. The van der Waals surface area contributed by atoms with Crippen molar-refractivity contribution in [3.8, 4) is 11.1 Å². The number of hydrazone groups is 1. The molecule has 4 rings (SSSR count). The number of hydrogen-bond donors (Lipinski definition) is 1. The molecule has 0 atom stereocenters. The van der Waals surface area contributed by atoms with Crippen LogP contribution in [0.1, 0.15) is 16.7 Å². The molecular weight excluding hydrogens is 366 g/mol. The van der Waals surface area contributed by atoms with Crippen molar-refractivity contribution in [2.75, 3.05) is 5.43 Å². The first-order valence-corrected chi connectivity index (χ1v) is 9.95. The zero-order chi connectivity index (χ0) is 20.4. The Balaban J connectivity index is 1.34. The van der Waals surface area contributed by atoms with Crippen LogP contribution in [0.2, 0.25) is 0 Å². The molecule has 0 aromatic heterocycles. The first-order chi connectivity index (χ1) is 14.9. The Morgan fingerprint density at radius 3 is 1.70 bits per heavy atom. The summed E-state index contributed by atoms with van der Waals surface area (Å²) in [6.07, 6.45) is 3.75. The van der Waals surface area contributed by atoms with E-state index in [4.69, 9.17) is 0 Å². The third-order valence-electron chi connectivity index (χ3n) is 4.69. The Morgan fingerprint density at radius 2 is 1.10 bits per heavy atom. The van der Waals surface area contributed by atoms with Crippen molar-refractivity contribution in [2.24, 2.45) is 10.1 Å². The molecule has 0 amide bonds. The van der Waals surface area contributed by atoms with Crippen molar-refractivity contribution in [1.82, 2.24) is 0 Å². The molecule has 0 aliphatic heterocycles. The lowest BCUT2D eigenvalue weighted by Gasteiger charge is -2.03. The van der Waals surface area contributed by atoms with Gasteiger partial charge in [0.15, 0.2) is 0 Å². The molecule has 0 aliphatic rings. The van der Waals surface area contributed by atoms with Gasteiger partial charge >= 0.3 is 0 Å². The van der Waals surface area contributed by atoms with Gasteiger partial charge in [0.25, 0.3) is 0 Å². The van der Waals surface area contributed by atoms with Crippen LogP contribution in [0.25, 0.3) is 11.1 Å². The van der Waals surface area contributed by atoms with Crippen LogP contribution in [0.4, 0.5) is 5.69 Å². The number of aliphatic imine (C=N–C) groups is 1. The van der Waals surface area contributed by atoms with Gasteiger partial charge in [0, 0.05) is 6.21 Å². The summed E-state index contributed by atoms with van der Waals surface area (Å²) in [4.78, 5) is 4.53. The van der Waals surface area contributed by atoms with E-state index in [2.05, 4.69) is 76.2 Å². The smallest absolute Gasteiger partial charge is 0.0639 e. The van der Waals surface area contributed by atoms with Gasteiger partial charge in [0.1, 0.15) is 0 Å². The van der Waals surface area contributed by atoms with Gasteiger partial charge in [-0.1, -0.05) is 97.1 Å². The zero-order valence-corrected chi connectivity index (χ0v) is 16.6. The number of para-hydroxylation sites is 1. The minimum absolute atomic E-state index is 0.699. The standard InChI is InChI=1S/C27H23N3/c1-3-7-22(8-4-1)19-28-20-23-11-15-25(16-12-23)26-17-13-24(14-18-26)21-29-30-27-9-5-2-6-10-27/h1-18,20-21,30H,19H2/b28-20?,29-21+. The van der Waals surface area contributed by atoms with E-state index in [1.807, 2.05) is 61.0 Å². The maximum atomic E-state index is 4.53. The van der Waals surface area contributed by atoms with Gasteiger partial charge in [0.05, 0.1) is 18.4 Å².